The Hall–Kier alpha value is -3.43. The Balaban J connectivity index is 1.43. The van der Waals surface area contributed by atoms with Gasteiger partial charge in [0.05, 0.1) is 11.9 Å². The first kappa shape index (κ1) is 16.7. The molecular formula is C18H19N7O3. The molecule has 0 spiro atoms. The van der Waals surface area contributed by atoms with E-state index in [1.165, 1.54) is 0 Å². The molecule has 3 aromatic rings. The van der Waals surface area contributed by atoms with Crippen LogP contribution in [0.3, 0.4) is 0 Å². The summed E-state index contributed by atoms with van der Waals surface area (Å²) in [5.41, 5.74) is 7.35. The van der Waals surface area contributed by atoms with Gasteiger partial charge in [-0.2, -0.15) is 9.67 Å². The predicted octanol–water partition coefficient (Wildman–Crippen LogP) is 1.05. The molecule has 28 heavy (non-hydrogen) atoms. The van der Waals surface area contributed by atoms with Crippen molar-refractivity contribution in [2.45, 2.75) is 25.3 Å². The number of ether oxygens (including phenoxy) is 2. The van der Waals surface area contributed by atoms with E-state index in [2.05, 4.69) is 25.6 Å². The van der Waals surface area contributed by atoms with Crippen LogP contribution >= 0.6 is 0 Å². The highest BCUT2D eigenvalue weighted by Crippen LogP contribution is 2.32. The number of carbonyl (C=O) groups excluding carboxylic acids is 1. The molecule has 2 aromatic heterocycles. The van der Waals surface area contributed by atoms with Gasteiger partial charge in [0.25, 0.3) is 0 Å². The number of hydrogen-bond donors (Lipinski definition) is 2. The number of nitrogens with two attached hydrogens (primary N) is 1. The highest BCUT2D eigenvalue weighted by molar-refractivity contribution is 5.77. The molecule has 1 saturated carbocycles. The van der Waals surface area contributed by atoms with Gasteiger partial charge in [-0.05, 0) is 31.4 Å². The van der Waals surface area contributed by atoms with Crippen molar-refractivity contribution in [1.82, 2.24) is 25.0 Å². The Morgan fingerprint density at radius 1 is 1.21 bits per heavy atom. The largest absolute Gasteiger partial charge is 0.486 e. The Morgan fingerprint density at radius 2 is 2.07 bits per heavy atom. The summed E-state index contributed by atoms with van der Waals surface area (Å²) >= 11 is 0. The normalized spacial score (nSPS) is 21.0. The summed E-state index contributed by atoms with van der Waals surface area (Å²) in [6, 6.07) is 5.70. The van der Waals surface area contributed by atoms with Crippen molar-refractivity contribution in [2.75, 3.05) is 18.5 Å². The molecule has 10 nitrogen and oxygen atoms in total. The van der Waals surface area contributed by atoms with Crippen LogP contribution in [0, 0.1) is 5.92 Å². The molecule has 10 heteroatoms. The number of anilines is 1. The van der Waals surface area contributed by atoms with Crippen molar-refractivity contribution < 1.29 is 14.3 Å². The number of fused-ring (bicyclic) bond motifs is 2. The average Bonchev–Trinajstić information content (AvgIpc) is 3.34. The fourth-order valence-electron chi connectivity index (χ4n) is 3.69. The second-order valence-electron chi connectivity index (χ2n) is 6.99. The number of nitrogens with one attached hydrogen (secondary N) is 1. The van der Waals surface area contributed by atoms with Crippen LogP contribution in [0.5, 0.6) is 11.5 Å². The summed E-state index contributed by atoms with van der Waals surface area (Å²) in [6.07, 6.45) is 3.96. The van der Waals surface area contributed by atoms with Gasteiger partial charge in [0, 0.05) is 18.0 Å². The fourth-order valence-corrected chi connectivity index (χ4v) is 3.69. The molecule has 1 aromatic carbocycles. The van der Waals surface area contributed by atoms with Crippen LogP contribution in [0.25, 0.3) is 16.9 Å². The Kier molecular flexibility index (Phi) is 3.96. The van der Waals surface area contributed by atoms with E-state index in [9.17, 15) is 4.79 Å². The minimum atomic E-state index is -0.249. The minimum Gasteiger partial charge on any atom is -0.486 e. The van der Waals surface area contributed by atoms with Gasteiger partial charge in [-0.15, -0.1) is 5.10 Å². The second-order valence-corrected chi connectivity index (χ2v) is 6.99. The molecule has 144 valence electrons. The number of nitrogens with zero attached hydrogens (tertiary/aromatic N) is 5. The standard InChI is InChI=1S/C18H19N7O3/c19-16(26)10-1-2-11(7-10)21-18-20-9-13-17(22-18)25(24-23-13)12-3-4-14-15(8-12)28-6-5-27-14/h3-4,8-11H,1-2,5-7H2,(H2,19,26)(H,20,21,22). The molecule has 1 aliphatic carbocycles. The van der Waals surface area contributed by atoms with E-state index in [1.54, 1.807) is 10.9 Å². The van der Waals surface area contributed by atoms with Crippen molar-refractivity contribution in [3.05, 3.63) is 24.4 Å². The molecule has 3 heterocycles. The first-order valence-corrected chi connectivity index (χ1v) is 9.22. The van der Waals surface area contributed by atoms with Crippen LogP contribution in [0.1, 0.15) is 19.3 Å². The van der Waals surface area contributed by atoms with Crippen molar-refractivity contribution in [1.29, 1.82) is 0 Å². The van der Waals surface area contributed by atoms with Crippen LogP contribution in [-0.2, 0) is 4.79 Å². The molecule has 1 amide bonds. The van der Waals surface area contributed by atoms with Gasteiger partial charge < -0.3 is 20.5 Å². The topological polar surface area (TPSA) is 130 Å². The molecule has 1 aliphatic heterocycles. The molecular weight excluding hydrogens is 362 g/mol. The van der Waals surface area contributed by atoms with Crippen molar-refractivity contribution in [3.63, 3.8) is 0 Å². The lowest BCUT2D eigenvalue weighted by molar-refractivity contribution is -0.121. The summed E-state index contributed by atoms with van der Waals surface area (Å²) < 4.78 is 12.9. The molecule has 5 rings (SSSR count). The number of primary amides is 1. The van der Waals surface area contributed by atoms with Crippen molar-refractivity contribution >= 4 is 23.0 Å². The third-order valence-electron chi connectivity index (χ3n) is 5.13. The van der Waals surface area contributed by atoms with Crippen LogP contribution in [0.4, 0.5) is 5.95 Å². The highest BCUT2D eigenvalue weighted by Gasteiger charge is 2.29. The van der Waals surface area contributed by atoms with Crippen LogP contribution in [-0.4, -0.2) is 50.1 Å². The van der Waals surface area contributed by atoms with E-state index in [0.29, 0.717) is 48.2 Å². The van der Waals surface area contributed by atoms with Gasteiger partial charge in [-0.3, -0.25) is 4.79 Å². The van der Waals surface area contributed by atoms with Gasteiger partial charge in [0.1, 0.15) is 13.2 Å². The number of hydrogen-bond acceptors (Lipinski definition) is 8. The lowest BCUT2D eigenvalue weighted by Gasteiger charge is -2.18. The lowest BCUT2D eigenvalue weighted by Crippen LogP contribution is -2.23. The average molecular weight is 381 g/mol. The third kappa shape index (κ3) is 2.96. The molecule has 2 aliphatic rings. The maximum Gasteiger partial charge on any atom is 0.225 e. The number of aromatic nitrogens is 5. The van der Waals surface area contributed by atoms with Gasteiger partial charge in [0.15, 0.2) is 22.7 Å². The summed E-state index contributed by atoms with van der Waals surface area (Å²) in [6.45, 7) is 1.05. The van der Waals surface area contributed by atoms with Crippen LogP contribution < -0.4 is 20.5 Å². The number of carbonyl (C=O) groups is 1. The smallest absolute Gasteiger partial charge is 0.225 e. The van der Waals surface area contributed by atoms with Crippen molar-refractivity contribution in [2.24, 2.45) is 11.7 Å². The van der Waals surface area contributed by atoms with Gasteiger partial charge in [0.2, 0.25) is 11.9 Å². The zero-order valence-corrected chi connectivity index (χ0v) is 15.0. The van der Waals surface area contributed by atoms with E-state index >= 15 is 0 Å². The monoisotopic (exact) mass is 381 g/mol. The highest BCUT2D eigenvalue weighted by atomic mass is 16.6. The SMILES string of the molecule is NC(=O)C1CCC(Nc2ncc3nnn(-c4ccc5c(c4)OCCO5)c3n2)C1. The first-order chi connectivity index (χ1) is 13.7. The Morgan fingerprint density at radius 3 is 2.89 bits per heavy atom. The minimum absolute atomic E-state index is 0.0915. The summed E-state index contributed by atoms with van der Waals surface area (Å²) in [5, 5.41) is 11.6. The number of benzene rings is 1. The predicted molar refractivity (Wildman–Crippen MR) is 99.4 cm³/mol. The van der Waals surface area contributed by atoms with Gasteiger partial charge >= 0.3 is 0 Å². The molecule has 1 fully saturated rings. The molecule has 2 unspecified atom stereocenters. The first-order valence-electron chi connectivity index (χ1n) is 9.22. The summed E-state index contributed by atoms with van der Waals surface area (Å²) in [5.74, 6) is 1.52. The second kappa shape index (κ2) is 6.63. The van der Waals surface area contributed by atoms with Gasteiger partial charge in [-0.25, -0.2) is 4.98 Å². The van der Waals surface area contributed by atoms with E-state index in [0.717, 1.165) is 18.5 Å². The summed E-state index contributed by atoms with van der Waals surface area (Å²) in [4.78, 5) is 20.3. The summed E-state index contributed by atoms with van der Waals surface area (Å²) in [7, 11) is 0. The molecule has 0 radical (unpaired) electrons. The molecule has 3 N–H and O–H groups in total. The third-order valence-corrected chi connectivity index (χ3v) is 5.13. The fraction of sp³-hybridized carbons (Fsp3) is 0.389. The molecule has 2 atom stereocenters. The maximum absolute atomic E-state index is 11.4. The number of rotatable bonds is 4. The van der Waals surface area contributed by atoms with Crippen molar-refractivity contribution in [3.8, 4) is 17.2 Å². The quantitative estimate of drug-likeness (QED) is 0.686. The van der Waals surface area contributed by atoms with E-state index in [4.69, 9.17) is 15.2 Å². The van der Waals surface area contributed by atoms with Crippen LogP contribution in [0.15, 0.2) is 24.4 Å². The zero-order chi connectivity index (χ0) is 19.1. The maximum atomic E-state index is 11.4. The zero-order valence-electron chi connectivity index (χ0n) is 15.0. The molecule has 0 saturated heterocycles. The van der Waals surface area contributed by atoms with Crippen LogP contribution in [0.2, 0.25) is 0 Å². The Bertz CT molecular complexity index is 1050. The molecule has 0 bridgehead atoms. The van der Waals surface area contributed by atoms with E-state index in [1.807, 2.05) is 18.2 Å². The number of amides is 1. The van der Waals surface area contributed by atoms with E-state index < -0.39 is 0 Å². The Labute approximate surface area is 160 Å². The van der Waals surface area contributed by atoms with E-state index in [-0.39, 0.29) is 17.9 Å². The lowest BCUT2D eigenvalue weighted by atomic mass is 10.1. The van der Waals surface area contributed by atoms with Gasteiger partial charge in [-0.1, -0.05) is 5.21 Å².